The van der Waals surface area contributed by atoms with Crippen molar-refractivity contribution in [2.75, 3.05) is 7.05 Å². The predicted molar refractivity (Wildman–Crippen MR) is 120 cm³/mol. The van der Waals surface area contributed by atoms with Gasteiger partial charge in [0.15, 0.2) is 0 Å². The highest BCUT2D eigenvalue weighted by Crippen LogP contribution is 2.55. The number of carbonyl (C=O) groups excluding carboxylic acids is 1. The number of benzene rings is 1. The van der Waals surface area contributed by atoms with Crippen LogP contribution in [0.25, 0.3) is 0 Å². The molecule has 2 bridgehead atoms. The lowest BCUT2D eigenvalue weighted by molar-refractivity contribution is -0.145. The standard InChI is InChI=1S/C25H32N4O2/c1-17-12-13-23(30)28(26-17)16-24(31)29-19(14-18-8-5-4-6-9-18)20-15-25(2)21(27(20)3)10-7-11-22(25)29/h4-6,8-9,12-13,19-22H,7,10-11,14-16H2,1-3H3/t19-,20-,21-,22+,25-/m0/s1. The van der Waals surface area contributed by atoms with Crippen LogP contribution < -0.4 is 5.56 Å². The smallest absolute Gasteiger partial charge is 0.267 e. The second kappa shape index (κ2) is 7.59. The summed E-state index contributed by atoms with van der Waals surface area (Å²) in [6, 6.07) is 14.9. The summed E-state index contributed by atoms with van der Waals surface area (Å²) in [5, 5.41) is 4.33. The summed E-state index contributed by atoms with van der Waals surface area (Å²) in [6.45, 7) is 4.25. The van der Waals surface area contributed by atoms with Crippen molar-refractivity contribution in [1.29, 1.82) is 0 Å². The Balaban J connectivity index is 1.53. The number of piperidine rings is 1. The van der Waals surface area contributed by atoms with Crippen molar-refractivity contribution >= 4 is 5.91 Å². The summed E-state index contributed by atoms with van der Waals surface area (Å²) in [5.74, 6) is 0.0259. The quantitative estimate of drug-likeness (QED) is 0.763. The molecular formula is C25H32N4O2. The largest absolute Gasteiger partial charge is 0.333 e. The van der Waals surface area contributed by atoms with Gasteiger partial charge in [-0.15, -0.1) is 0 Å². The van der Waals surface area contributed by atoms with Crippen LogP contribution in [0.15, 0.2) is 47.3 Å². The van der Waals surface area contributed by atoms with Gasteiger partial charge in [0.05, 0.1) is 11.7 Å². The van der Waals surface area contributed by atoms with Crippen LogP contribution >= 0.6 is 0 Å². The number of nitrogens with zero attached hydrogens (tertiary/aromatic N) is 4. The van der Waals surface area contributed by atoms with Gasteiger partial charge in [-0.1, -0.05) is 37.3 Å². The second-order valence-electron chi connectivity index (χ2n) is 9.93. The van der Waals surface area contributed by atoms with Gasteiger partial charge >= 0.3 is 0 Å². The van der Waals surface area contributed by atoms with Crippen LogP contribution in [0.3, 0.4) is 0 Å². The molecule has 0 radical (unpaired) electrons. The van der Waals surface area contributed by atoms with E-state index in [1.807, 2.05) is 13.0 Å². The molecule has 3 heterocycles. The average Bonchev–Trinajstić information content (AvgIpc) is 3.02. The average molecular weight is 421 g/mol. The molecule has 2 saturated heterocycles. The van der Waals surface area contributed by atoms with Crippen molar-refractivity contribution in [3.63, 3.8) is 0 Å². The topological polar surface area (TPSA) is 58.4 Å². The van der Waals surface area contributed by atoms with Gasteiger partial charge in [-0.2, -0.15) is 5.10 Å². The third-order valence-electron chi connectivity index (χ3n) is 8.14. The molecule has 1 aromatic carbocycles. The summed E-state index contributed by atoms with van der Waals surface area (Å²) >= 11 is 0. The lowest BCUT2D eigenvalue weighted by Crippen LogP contribution is -2.63. The summed E-state index contributed by atoms with van der Waals surface area (Å²) in [4.78, 5) is 30.9. The number of carbonyl (C=O) groups is 1. The van der Waals surface area contributed by atoms with Crippen molar-refractivity contribution in [1.82, 2.24) is 19.6 Å². The highest BCUT2D eigenvalue weighted by Gasteiger charge is 2.62. The third kappa shape index (κ3) is 3.32. The van der Waals surface area contributed by atoms with Gasteiger partial charge in [-0.25, -0.2) is 4.68 Å². The molecule has 6 nitrogen and oxygen atoms in total. The fourth-order valence-corrected chi connectivity index (χ4v) is 6.76. The molecule has 2 aliphatic heterocycles. The number of likely N-dealkylation sites (tertiary alicyclic amines) is 2. The van der Waals surface area contributed by atoms with Gasteiger partial charge in [0.2, 0.25) is 5.91 Å². The third-order valence-corrected chi connectivity index (χ3v) is 8.14. The minimum Gasteiger partial charge on any atom is -0.333 e. The molecule has 3 aliphatic rings. The number of hydrogen-bond acceptors (Lipinski definition) is 4. The van der Waals surface area contributed by atoms with Gasteiger partial charge in [-0.05, 0) is 57.7 Å². The summed E-state index contributed by atoms with van der Waals surface area (Å²) in [7, 11) is 2.25. The zero-order valence-corrected chi connectivity index (χ0v) is 18.7. The lowest BCUT2D eigenvalue weighted by Gasteiger charge is -2.53. The highest BCUT2D eigenvalue weighted by molar-refractivity contribution is 5.77. The molecule has 5 rings (SSSR count). The number of amides is 1. The molecule has 5 atom stereocenters. The van der Waals surface area contributed by atoms with Crippen LogP contribution in [0.1, 0.15) is 43.9 Å². The molecule has 2 aromatic rings. The Morgan fingerprint density at radius 3 is 2.65 bits per heavy atom. The van der Waals surface area contributed by atoms with Crippen LogP contribution in [-0.4, -0.2) is 56.7 Å². The molecule has 0 spiro atoms. The Morgan fingerprint density at radius 2 is 1.87 bits per heavy atom. The Hall–Kier alpha value is -2.47. The number of likely N-dealkylation sites (N-methyl/N-ethyl adjacent to an activating group) is 1. The maximum atomic E-state index is 13.8. The number of fused-ring (bicyclic) bond motifs is 1. The van der Waals surface area contributed by atoms with Gasteiger partial charge in [0.25, 0.3) is 5.56 Å². The Bertz CT molecular complexity index is 1040. The molecule has 164 valence electrons. The molecule has 6 heteroatoms. The van der Waals surface area contributed by atoms with Crippen LogP contribution in [0.5, 0.6) is 0 Å². The number of aryl methyl sites for hydroxylation is 1. The van der Waals surface area contributed by atoms with Gasteiger partial charge in [0, 0.05) is 29.6 Å². The van der Waals surface area contributed by atoms with E-state index in [1.165, 1.54) is 22.7 Å². The van der Waals surface area contributed by atoms with Crippen molar-refractivity contribution in [3.8, 4) is 0 Å². The van der Waals surface area contributed by atoms with E-state index in [0.29, 0.717) is 12.1 Å². The van der Waals surface area contributed by atoms with Crippen LogP contribution in [0.2, 0.25) is 0 Å². The summed E-state index contributed by atoms with van der Waals surface area (Å²) < 4.78 is 1.33. The van der Waals surface area contributed by atoms with E-state index in [0.717, 1.165) is 31.4 Å². The van der Waals surface area contributed by atoms with E-state index >= 15 is 0 Å². The first-order chi connectivity index (χ1) is 14.9. The zero-order valence-electron chi connectivity index (χ0n) is 18.7. The summed E-state index contributed by atoms with van der Waals surface area (Å²) in [6.07, 6.45) is 5.38. The Morgan fingerprint density at radius 1 is 1.13 bits per heavy atom. The number of hydrogen-bond donors (Lipinski definition) is 0. The Kier molecular flexibility index (Phi) is 5.00. The fraction of sp³-hybridized carbons (Fsp3) is 0.560. The SMILES string of the molecule is Cc1ccc(=O)n(CC(=O)N2[C@@H](Cc3ccccc3)[C@@H]3C[C@@]4(C)[C@H](CCC[C@@H]24)N3C)n1. The zero-order chi connectivity index (χ0) is 21.8. The van der Waals surface area contributed by atoms with Crippen molar-refractivity contribution in [2.45, 2.75) is 76.7 Å². The van der Waals surface area contributed by atoms with Gasteiger partial charge < -0.3 is 4.90 Å². The molecular weight excluding hydrogens is 388 g/mol. The van der Waals surface area contributed by atoms with E-state index < -0.39 is 0 Å². The summed E-state index contributed by atoms with van der Waals surface area (Å²) in [5.41, 5.74) is 1.90. The van der Waals surface area contributed by atoms with Crippen LogP contribution in [0, 0.1) is 12.3 Å². The minimum absolute atomic E-state index is 0.0134. The highest BCUT2D eigenvalue weighted by atomic mass is 16.2. The molecule has 1 aromatic heterocycles. The maximum absolute atomic E-state index is 13.8. The minimum atomic E-state index is -0.219. The van der Waals surface area contributed by atoms with Crippen molar-refractivity contribution in [3.05, 3.63) is 64.1 Å². The van der Waals surface area contributed by atoms with E-state index in [2.05, 4.69) is 53.1 Å². The van der Waals surface area contributed by atoms with E-state index in [-0.39, 0.29) is 35.5 Å². The molecule has 3 fully saturated rings. The van der Waals surface area contributed by atoms with Gasteiger partial charge in [0.1, 0.15) is 6.54 Å². The monoisotopic (exact) mass is 420 g/mol. The van der Waals surface area contributed by atoms with E-state index in [1.54, 1.807) is 6.07 Å². The van der Waals surface area contributed by atoms with Gasteiger partial charge in [-0.3, -0.25) is 14.5 Å². The van der Waals surface area contributed by atoms with Crippen LogP contribution in [0.4, 0.5) is 0 Å². The molecule has 1 aliphatic carbocycles. The molecule has 0 N–H and O–H groups in total. The molecule has 0 unspecified atom stereocenters. The van der Waals surface area contributed by atoms with Crippen molar-refractivity contribution in [2.24, 2.45) is 5.41 Å². The van der Waals surface area contributed by atoms with Crippen molar-refractivity contribution < 1.29 is 4.79 Å². The molecule has 1 saturated carbocycles. The number of rotatable bonds is 4. The second-order valence-corrected chi connectivity index (χ2v) is 9.93. The number of aromatic nitrogens is 2. The van der Waals surface area contributed by atoms with E-state index in [9.17, 15) is 9.59 Å². The van der Waals surface area contributed by atoms with Crippen LogP contribution in [-0.2, 0) is 17.8 Å². The molecule has 1 amide bonds. The first-order valence-electron chi connectivity index (χ1n) is 11.5. The first kappa shape index (κ1) is 20.4. The fourth-order valence-electron chi connectivity index (χ4n) is 6.76. The normalized spacial score (nSPS) is 32.3. The first-order valence-corrected chi connectivity index (χ1v) is 11.5. The maximum Gasteiger partial charge on any atom is 0.267 e. The predicted octanol–water partition coefficient (Wildman–Crippen LogP) is 2.64. The Labute approximate surface area is 183 Å². The lowest BCUT2D eigenvalue weighted by atomic mass is 9.64. The van der Waals surface area contributed by atoms with E-state index in [4.69, 9.17) is 0 Å². The molecule has 31 heavy (non-hydrogen) atoms.